The second-order valence-electron chi connectivity index (χ2n) is 5.49. The minimum absolute atomic E-state index is 0.234. The van der Waals surface area contributed by atoms with Crippen LogP contribution in [0.1, 0.15) is 35.2 Å². The van der Waals surface area contributed by atoms with Gasteiger partial charge < -0.3 is 14.2 Å². The highest BCUT2D eigenvalue weighted by atomic mass is 16.5. The summed E-state index contributed by atoms with van der Waals surface area (Å²) < 4.78 is 15.9. The van der Waals surface area contributed by atoms with Gasteiger partial charge in [0.25, 0.3) is 0 Å². The number of aryl methyl sites for hydroxylation is 1. The van der Waals surface area contributed by atoms with Crippen molar-refractivity contribution in [1.82, 2.24) is 15.0 Å². The molecule has 0 unspecified atom stereocenters. The van der Waals surface area contributed by atoms with Crippen LogP contribution in [0.4, 0.5) is 0 Å². The molecular formula is C18H19N3O4. The molecule has 0 fully saturated rings. The van der Waals surface area contributed by atoms with Crippen LogP contribution in [0.2, 0.25) is 0 Å². The number of carbonyl (C=O) groups is 1. The number of nitrogens with zero attached hydrogens (tertiary/aromatic N) is 3. The lowest BCUT2D eigenvalue weighted by atomic mass is 10.3. The van der Waals surface area contributed by atoms with Crippen molar-refractivity contribution in [3.05, 3.63) is 47.2 Å². The summed E-state index contributed by atoms with van der Waals surface area (Å²) in [5.41, 5.74) is 3.41. The Bertz CT molecular complexity index is 816. The molecule has 2 aromatic rings. The van der Waals surface area contributed by atoms with Gasteiger partial charge in [-0.3, -0.25) is 4.98 Å². The van der Waals surface area contributed by atoms with E-state index in [4.69, 9.17) is 14.2 Å². The molecule has 0 spiro atoms. The minimum Gasteiger partial charge on any atom is -0.495 e. The van der Waals surface area contributed by atoms with Gasteiger partial charge in [-0.1, -0.05) is 0 Å². The Labute approximate surface area is 145 Å². The monoisotopic (exact) mass is 341 g/mol. The largest absolute Gasteiger partial charge is 0.495 e. The first kappa shape index (κ1) is 16.9. The van der Waals surface area contributed by atoms with Crippen molar-refractivity contribution in [1.29, 1.82) is 0 Å². The second-order valence-corrected chi connectivity index (χ2v) is 5.49. The summed E-state index contributed by atoms with van der Waals surface area (Å²) in [4.78, 5) is 24.6. The van der Waals surface area contributed by atoms with Crippen molar-refractivity contribution in [3.63, 3.8) is 0 Å². The van der Waals surface area contributed by atoms with Crippen LogP contribution in [0.25, 0.3) is 5.57 Å². The molecule has 130 valence electrons. The molecule has 0 saturated heterocycles. The van der Waals surface area contributed by atoms with E-state index < -0.39 is 5.97 Å². The Morgan fingerprint density at radius 2 is 2.08 bits per heavy atom. The van der Waals surface area contributed by atoms with Crippen LogP contribution >= 0.6 is 0 Å². The molecule has 0 aromatic carbocycles. The van der Waals surface area contributed by atoms with Crippen LogP contribution in [-0.2, 0) is 4.74 Å². The molecule has 25 heavy (non-hydrogen) atoms. The van der Waals surface area contributed by atoms with Crippen molar-refractivity contribution < 1.29 is 19.0 Å². The van der Waals surface area contributed by atoms with Crippen LogP contribution in [0.15, 0.2) is 30.1 Å². The van der Waals surface area contributed by atoms with Gasteiger partial charge in [-0.15, -0.1) is 0 Å². The number of ether oxygens (including phenoxy) is 3. The average Bonchev–Trinajstić information content (AvgIpc) is 3.40. The highest BCUT2D eigenvalue weighted by molar-refractivity contribution is 5.91. The summed E-state index contributed by atoms with van der Waals surface area (Å²) in [5, 5.41) is 0. The van der Waals surface area contributed by atoms with Crippen LogP contribution in [0.5, 0.6) is 11.6 Å². The van der Waals surface area contributed by atoms with E-state index in [0.29, 0.717) is 12.4 Å². The van der Waals surface area contributed by atoms with Gasteiger partial charge in [-0.25, -0.2) is 9.78 Å². The SMILES string of the molecule is CCOC(=O)c1cnc(C)nc1OCC1=C(c2ccc(OC)cn2)C1. The molecule has 0 bridgehead atoms. The minimum atomic E-state index is -0.487. The molecule has 0 aliphatic heterocycles. The maximum Gasteiger partial charge on any atom is 0.345 e. The van der Waals surface area contributed by atoms with Crippen LogP contribution in [0, 0.1) is 6.92 Å². The van der Waals surface area contributed by atoms with Crippen LogP contribution in [0.3, 0.4) is 0 Å². The fraction of sp³-hybridized carbons (Fsp3) is 0.333. The summed E-state index contributed by atoms with van der Waals surface area (Å²) in [6.45, 7) is 4.12. The molecular weight excluding hydrogens is 322 g/mol. The van der Waals surface area contributed by atoms with Gasteiger partial charge in [-0.2, -0.15) is 4.98 Å². The van der Waals surface area contributed by atoms with Crippen molar-refractivity contribution >= 4 is 11.5 Å². The lowest BCUT2D eigenvalue weighted by Crippen LogP contribution is -2.11. The van der Waals surface area contributed by atoms with E-state index >= 15 is 0 Å². The molecule has 0 N–H and O–H groups in total. The fourth-order valence-corrected chi connectivity index (χ4v) is 2.32. The van der Waals surface area contributed by atoms with Crippen molar-refractivity contribution in [2.75, 3.05) is 20.3 Å². The molecule has 0 radical (unpaired) electrons. The Morgan fingerprint density at radius 3 is 2.76 bits per heavy atom. The number of hydrogen-bond acceptors (Lipinski definition) is 7. The Balaban J connectivity index is 1.70. The number of methoxy groups -OCH3 is 1. The van der Waals surface area contributed by atoms with E-state index in [-0.39, 0.29) is 18.1 Å². The van der Waals surface area contributed by atoms with Crippen LogP contribution < -0.4 is 9.47 Å². The predicted octanol–water partition coefficient (Wildman–Crippen LogP) is 2.60. The molecule has 3 rings (SSSR count). The third kappa shape index (κ3) is 3.93. The zero-order valence-electron chi connectivity index (χ0n) is 14.4. The topological polar surface area (TPSA) is 83.4 Å². The number of aromatic nitrogens is 3. The zero-order chi connectivity index (χ0) is 17.8. The summed E-state index contributed by atoms with van der Waals surface area (Å²) in [6, 6.07) is 3.79. The third-order valence-corrected chi connectivity index (χ3v) is 3.73. The highest BCUT2D eigenvalue weighted by Crippen LogP contribution is 2.39. The quantitative estimate of drug-likeness (QED) is 0.716. The van der Waals surface area contributed by atoms with Gasteiger partial charge >= 0.3 is 5.97 Å². The molecule has 0 atom stereocenters. The number of rotatable bonds is 7. The summed E-state index contributed by atoms with van der Waals surface area (Å²) in [5.74, 6) is 1.01. The Morgan fingerprint density at radius 1 is 1.24 bits per heavy atom. The molecule has 7 nitrogen and oxygen atoms in total. The van der Waals surface area contributed by atoms with E-state index in [9.17, 15) is 4.79 Å². The molecule has 0 amide bonds. The van der Waals surface area contributed by atoms with E-state index in [1.54, 1.807) is 27.2 Å². The van der Waals surface area contributed by atoms with Gasteiger partial charge in [0.2, 0.25) is 5.88 Å². The van der Waals surface area contributed by atoms with Crippen molar-refractivity contribution in [2.24, 2.45) is 0 Å². The smallest absolute Gasteiger partial charge is 0.345 e. The number of carbonyl (C=O) groups excluding carboxylic acids is 1. The standard InChI is InChI=1S/C18H19N3O4/c1-4-24-18(22)15-9-19-11(2)21-17(15)25-10-12-7-14(12)16-6-5-13(23-3)8-20-16/h5-6,8-9H,4,7,10H2,1-3H3. The van der Waals surface area contributed by atoms with Gasteiger partial charge in [0, 0.05) is 6.20 Å². The van der Waals surface area contributed by atoms with E-state index in [1.807, 2.05) is 12.1 Å². The van der Waals surface area contributed by atoms with Gasteiger partial charge in [0.1, 0.15) is 23.7 Å². The number of pyridine rings is 1. The maximum atomic E-state index is 12.0. The first-order valence-electron chi connectivity index (χ1n) is 7.97. The molecule has 0 saturated carbocycles. The fourth-order valence-electron chi connectivity index (χ4n) is 2.32. The second kappa shape index (κ2) is 7.29. The van der Waals surface area contributed by atoms with Crippen LogP contribution in [-0.4, -0.2) is 41.2 Å². The van der Waals surface area contributed by atoms with E-state index in [1.165, 1.54) is 6.20 Å². The first-order chi connectivity index (χ1) is 12.1. The summed E-state index contributed by atoms with van der Waals surface area (Å²) in [6.07, 6.45) is 3.95. The highest BCUT2D eigenvalue weighted by Gasteiger charge is 2.26. The summed E-state index contributed by atoms with van der Waals surface area (Å²) >= 11 is 0. The molecule has 2 aromatic heterocycles. The lowest BCUT2D eigenvalue weighted by molar-refractivity contribution is 0.0520. The number of esters is 1. The summed E-state index contributed by atoms with van der Waals surface area (Å²) in [7, 11) is 1.61. The number of hydrogen-bond donors (Lipinski definition) is 0. The average molecular weight is 341 g/mol. The lowest BCUT2D eigenvalue weighted by Gasteiger charge is -2.08. The predicted molar refractivity (Wildman–Crippen MR) is 90.5 cm³/mol. The van der Waals surface area contributed by atoms with E-state index in [0.717, 1.165) is 29.0 Å². The zero-order valence-corrected chi connectivity index (χ0v) is 14.4. The van der Waals surface area contributed by atoms with Gasteiger partial charge in [-0.05, 0) is 43.5 Å². The molecule has 1 aliphatic rings. The number of allylic oxidation sites excluding steroid dienone is 1. The third-order valence-electron chi connectivity index (χ3n) is 3.73. The normalized spacial score (nSPS) is 12.8. The van der Waals surface area contributed by atoms with Gasteiger partial charge in [0.15, 0.2) is 0 Å². The first-order valence-corrected chi connectivity index (χ1v) is 7.97. The van der Waals surface area contributed by atoms with Crippen molar-refractivity contribution in [3.8, 4) is 11.6 Å². The molecule has 1 aliphatic carbocycles. The molecule has 2 heterocycles. The van der Waals surface area contributed by atoms with E-state index in [2.05, 4.69) is 15.0 Å². The Kier molecular flexibility index (Phi) is 4.92. The van der Waals surface area contributed by atoms with Crippen molar-refractivity contribution in [2.45, 2.75) is 20.3 Å². The maximum absolute atomic E-state index is 12.0. The molecule has 7 heteroatoms. The van der Waals surface area contributed by atoms with Gasteiger partial charge in [0.05, 0.1) is 25.6 Å². The Hall–Kier alpha value is -2.96.